The van der Waals surface area contributed by atoms with E-state index in [4.69, 9.17) is 4.98 Å². The van der Waals surface area contributed by atoms with E-state index in [0.29, 0.717) is 25.3 Å². The van der Waals surface area contributed by atoms with Crippen LogP contribution in [0.4, 0.5) is 5.69 Å². The molecule has 0 saturated heterocycles. The lowest BCUT2D eigenvalue weighted by molar-refractivity contribution is -0.124. The SMILES string of the molecule is CC(C)CC(=O)Nc1ccc2c(c1)nc(CCNC(=O)C1CCCC1)n2C. The van der Waals surface area contributed by atoms with Crippen molar-refractivity contribution < 1.29 is 9.59 Å². The highest BCUT2D eigenvalue weighted by Crippen LogP contribution is 2.24. The van der Waals surface area contributed by atoms with Crippen LogP contribution >= 0.6 is 0 Å². The van der Waals surface area contributed by atoms with Crippen LogP contribution in [0.25, 0.3) is 11.0 Å². The summed E-state index contributed by atoms with van der Waals surface area (Å²) in [5, 5.41) is 5.99. The summed E-state index contributed by atoms with van der Waals surface area (Å²) < 4.78 is 2.05. The van der Waals surface area contributed by atoms with Gasteiger partial charge in [0.05, 0.1) is 11.0 Å². The average molecular weight is 370 g/mol. The fourth-order valence-corrected chi connectivity index (χ4v) is 3.76. The van der Waals surface area contributed by atoms with Gasteiger partial charge in [0.2, 0.25) is 11.8 Å². The monoisotopic (exact) mass is 370 g/mol. The van der Waals surface area contributed by atoms with Gasteiger partial charge in [0, 0.05) is 38.0 Å². The second kappa shape index (κ2) is 8.55. The normalized spacial score (nSPS) is 14.8. The van der Waals surface area contributed by atoms with Gasteiger partial charge >= 0.3 is 0 Å². The van der Waals surface area contributed by atoms with Crippen LogP contribution in [0.3, 0.4) is 0 Å². The van der Waals surface area contributed by atoms with Crippen molar-refractivity contribution in [3.05, 3.63) is 24.0 Å². The van der Waals surface area contributed by atoms with Crippen molar-refractivity contribution in [1.82, 2.24) is 14.9 Å². The van der Waals surface area contributed by atoms with Gasteiger partial charge in [-0.3, -0.25) is 9.59 Å². The molecule has 2 amide bonds. The minimum atomic E-state index is 0.0233. The number of benzene rings is 1. The first-order valence-corrected chi connectivity index (χ1v) is 9.97. The van der Waals surface area contributed by atoms with Crippen molar-refractivity contribution in [1.29, 1.82) is 0 Å². The minimum absolute atomic E-state index is 0.0233. The number of nitrogens with one attached hydrogen (secondary N) is 2. The molecule has 6 nitrogen and oxygen atoms in total. The lowest BCUT2D eigenvalue weighted by atomic mass is 10.1. The van der Waals surface area contributed by atoms with Crippen LogP contribution in [0.1, 0.15) is 51.8 Å². The van der Waals surface area contributed by atoms with Crippen LogP contribution in [0.15, 0.2) is 18.2 Å². The van der Waals surface area contributed by atoms with Gasteiger partial charge in [-0.25, -0.2) is 4.98 Å². The molecule has 0 atom stereocenters. The predicted octanol–water partition coefficient (Wildman–Crippen LogP) is 3.41. The Bertz CT molecular complexity index is 819. The number of hydrogen-bond donors (Lipinski definition) is 2. The summed E-state index contributed by atoms with van der Waals surface area (Å²) in [6, 6.07) is 5.80. The van der Waals surface area contributed by atoms with Crippen LogP contribution in [0.5, 0.6) is 0 Å². The molecule has 1 saturated carbocycles. The topological polar surface area (TPSA) is 76.0 Å². The maximum atomic E-state index is 12.1. The standard InChI is InChI=1S/C21H30N4O2/c1-14(2)12-20(26)23-16-8-9-18-17(13-16)24-19(25(18)3)10-11-22-21(27)15-6-4-5-7-15/h8-9,13-15H,4-7,10-12H2,1-3H3,(H,22,27)(H,23,26). The number of imidazole rings is 1. The molecule has 27 heavy (non-hydrogen) atoms. The molecule has 0 aliphatic heterocycles. The first-order valence-electron chi connectivity index (χ1n) is 9.97. The van der Waals surface area contributed by atoms with Gasteiger partial charge in [-0.15, -0.1) is 0 Å². The van der Waals surface area contributed by atoms with Gasteiger partial charge in [-0.2, -0.15) is 0 Å². The second-order valence-corrected chi connectivity index (χ2v) is 7.96. The van der Waals surface area contributed by atoms with E-state index in [1.54, 1.807) is 0 Å². The number of amides is 2. The molecule has 1 fully saturated rings. The van der Waals surface area contributed by atoms with E-state index >= 15 is 0 Å². The molecule has 1 aromatic heterocycles. The smallest absolute Gasteiger partial charge is 0.224 e. The largest absolute Gasteiger partial charge is 0.355 e. The van der Waals surface area contributed by atoms with Crippen molar-refractivity contribution in [2.45, 2.75) is 52.4 Å². The number of aryl methyl sites for hydroxylation is 1. The summed E-state index contributed by atoms with van der Waals surface area (Å²) in [5.74, 6) is 1.66. The number of fused-ring (bicyclic) bond motifs is 1. The lowest BCUT2D eigenvalue weighted by Gasteiger charge is -2.10. The molecule has 0 radical (unpaired) electrons. The fourth-order valence-electron chi connectivity index (χ4n) is 3.76. The Morgan fingerprint density at radius 2 is 2.00 bits per heavy atom. The number of rotatable bonds is 7. The Labute approximate surface area is 160 Å². The van der Waals surface area contributed by atoms with Gasteiger partial charge in [0.25, 0.3) is 0 Å². The lowest BCUT2D eigenvalue weighted by Crippen LogP contribution is -2.31. The number of hydrogen-bond acceptors (Lipinski definition) is 3. The molecule has 1 aliphatic rings. The van der Waals surface area contributed by atoms with Crippen molar-refractivity contribution >= 4 is 28.5 Å². The quantitative estimate of drug-likeness (QED) is 0.784. The third-order valence-electron chi connectivity index (χ3n) is 5.22. The van der Waals surface area contributed by atoms with Gasteiger partial charge in [0.15, 0.2) is 0 Å². The average Bonchev–Trinajstić information content (AvgIpc) is 3.23. The van der Waals surface area contributed by atoms with Crippen molar-refractivity contribution in [2.24, 2.45) is 18.9 Å². The number of aromatic nitrogens is 2. The van der Waals surface area contributed by atoms with Gasteiger partial charge in [0.1, 0.15) is 5.82 Å². The fraction of sp³-hybridized carbons (Fsp3) is 0.571. The molecule has 1 aromatic carbocycles. The van der Waals surface area contributed by atoms with Crippen molar-refractivity contribution in [3.8, 4) is 0 Å². The zero-order chi connectivity index (χ0) is 19.4. The van der Waals surface area contributed by atoms with E-state index in [1.807, 2.05) is 39.1 Å². The number of carbonyl (C=O) groups is 2. The summed E-state index contributed by atoms with van der Waals surface area (Å²) in [5.41, 5.74) is 2.65. The predicted molar refractivity (Wildman–Crippen MR) is 107 cm³/mol. The molecule has 0 unspecified atom stereocenters. The zero-order valence-corrected chi connectivity index (χ0v) is 16.5. The molecule has 1 heterocycles. The highest BCUT2D eigenvalue weighted by Gasteiger charge is 2.22. The van der Waals surface area contributed by atoms with E-state index in [1.165, 1.54) is 12.8 Å². The summed E-state index contributed by atoms with van der Waals surface area (Å²) in [6.07, 6.45) is 5.56. The minimum Gasteiger partial charge on any atom is -0.355 e. The first-order chi connectivity index (χ1) is 12.9. The molecule has 1 aliphatic carbocycles. The van der Waals surface area contributed by atoms with Gasteiger partial charge < -0.3 is 15.2 Å². The Balaban J connectivity index is 1.61. The van der Waals surface area contributed by atoms with E-state index in [2.05, 4.69) is 15.2 Å². The van der Waals surface area contributed by atoms with Gasteiger partial charge in [-0.05, 0) is 37.0 Å². The summed E-state index contributed by atoms with van der Waals surface area (Å²) in [6.45, 7) is 4.66. The molecular formula is C21H30N4O2. The van der Waals surface area contributed by atoms with Gasteiger partial charge in [-0.1, -0.05) is 26.7 Å². The third-order valence-corrected chi connectivity index (χ3v) is 5.22. The molecule has 146 valence electrons. The van der Waals surface area contributed by atoms with Crippen LogP contribution in [0, 0.1) is 11.8 Å². The molecule has 2 N–H and O–H groups in total. The van der Waals surface area contributed by atoms with Crippen LogP contribution < -0.4 is 10.6 Å². The summed E-state index contributed by atoms with van der Waals surface area (Å²) in [4.78, 5) is 28.8. The zero-order valence-electron chi connectivity index (χ0n) is 16.5. The van der Waals surface area contributed by atoms with E-state index in [0.717, 1.165) is 35.4 Å². The van der Waals surface area contributed by atoms with Crippen LogP contribution in [-0.4, -0.2) is 27.9 Å². The third kappa shape index (κ3) is 4.87. The molecule has 0 bridgehead atoms. The highest BCUT2D eigenvalue weighted by molar-refractivity contribution is 5.93. The molecule has 0 spiro atoms. The highest BCUT2D eigenvalue weighted by atomic mass is 16.2. The summed E-state index contributed by atoms with van der Waals surface area (Å²) in [7, 11) is 1.99. The van der Waals surface area contributed by atoms with Crippen LogP contribution in [0.2, 0.25) is 0 Å². The van der Waals surface area contributed by atoms with Crippen molar-refractivity contribution in [3.63, 3.8) is 0 Å². The maximum absolute atomic E-state index is 12.1. The number of nitrogens with zero attached hydrogens (tertiary/aromatic N) is 2. The molecule has 2 aromatic rings. The Morgan fingerprint density at radius 3 is 2.70 bits per heavy atom. The number of anilines is 1. The van der Waals surface area contributed by atoms with E-state index < -0.39 is 0 Å². The Morgan fingerprint density at radius 1 is 1.26 bits per heavy atom. The molecule has 3 rings (SSSR count). The van der Waals surface area contributed by atoms with E-state index in [-0.39, 0.29) is 17.7 Å². The summed E-state index contributed by atoms with van der Waals surface area (Å²) >= 11 is 0. The Hall–Kier alpha value is -2.37. The number of carbonyl (C=O) groups excluding carboxylic acids is 2. The maximum Gasteiger partial charge on any atom is 0.224 e. The molecular weight excluding hydrogens is 340 g/mol. The van der Waals surface area contributed by atoms with E-state index in [9.17, 15) is 9.59 Å². The van der Waals surface area contributed by atoms with Crippen molar-refractivity contribution in [2.75, 3.05) is 11.9 Å². The molecule has 6 heteroatoms. The Kier molecular flexibility index (Phi) is 6.14. The van der Waals surface area contributed by atoms with Crippen LogP contribution in [-0.2, 0) is 23.1 Å². The second-order valence-electron chi connectivity index (χ2n) is 7.96. The first kappa shape index (κ1) is 19.4.